The molecule has 34 heavy (non-hydrogen) atoms. The van der Waals surface area contributed by atoms with Gasteiger partial charge in [-0.25, -0.2) is 0 Å². The number of benzene rings is 6. The van der Waals surface area contributed by atoms with Crippen molar-refractivity contribution in [2.24, 2.45) is 0 Å². The molecule has 0 saturated carbocycles. The minimum absolute atomic E-state index is 1.10. The Bertz CT molecular complexity index is 1490. The van der Waals surface area contributed by atoms with Crippen LogP contribution in [0.5, 0.6) is 0 Å². The monoisotopic (exact) mass is 435 g/mol. The molecule has 0 spiro atoms. The summed E-state index contributed by atoms with van der Waals surface area (Å²) in [6.45, 7) is 0. The Kier molecular flexibility index (Phi) is 5.29. The zero-order chi connectivity index (χ0) is 22.7. The summed E-state index contributed by atoms with van der Waals surface area (Å²) in [6, 6.07) is 47.1. The highest BCUT2D eigenvalue weighted by Crippen LogP contribution is 2.35. The van der Waals surface area contributed by atoms with E-state index in [2.05, 4.69) is 139 Å². The summed E-state index contributed by atoms with van der Waals surface area (Å²) in [5.41, 5.74) is 7.98. The summed E-state index contributed by atoms with van der Waals surface area (Å²) in [5, 5.41) is 8.52. The molecule has 6 aromatic rings. The third kappa shape index (κ3) is 4.04. The van der Waals surface area contributed by atoms with Crippen molar-refractivity contribution in [2.75, 3.05) is 5.32 Å². The van der Waals surface area contributed by atoms with E-state index in [1.807, 2.05) is 0 Å². The second-order valence-corrected chi connectivity index (χ2v) is 8.74. The normalized spacial score (nSPS) is 11.4. The van der Waals surface area contributed by atoms with E-state index in [4.69, 9.17) is 0 Å². The van der Waals surface area contributed by atoms with Crippen molar-refractivity contribution < 1.29 is 0 Å². The first-order chi connectivity index (χ1) is 16.8. The van der Waals surface area contributed by atoms with Crippen LogP contribution >= 0.6 is 0 Å². The van der Waals surface area contributed by atoms with Crippen LogP contribution in [0, 0.1) is 0 Å². The Morgan fingerprint density at radius 3 is 1.29 bits per heavy atom. The Morgan fingerprint density at radius 1 is 0.382 bits per heavy atom. The third-order valence-corrected chi connectivity index (χ3v) is 6.49. The predicted molar refractivity (Wildman–Crippen MR) is 146 cm³/mol. The molecule has 1 nitrogen and oxygen atoms in total. The van der Waals surface area contributed by atoms with Gasteiger partial charge in [-0.15, -0.1) is 0 Å². The highest BCUT2D eigenvalue weighted by molar-refractivity contribution is 5.89. The van der Waals surface area contributed by atoms with Gasteiger partial charge in [0.2, 0.25) is 0 Å². The number of nitrogens with one attached hydrogen (secondary N) is 1. The molecule has 0 radical (unpaired) electrons. The van der Waals surface area contributed by atoms with E-state index in [-0.39, 0.29) is 0 Å². The van der Waals surface area contributed by atoms with Gasteiger partial charge in [0.1, 0.15) is 0 Å². The van der Waals surface area contributed by atoms with Crippen molar-refractivity contribution in [1.82, 2.24) is 0 Å². The highest BCUT2D eigenvalue weighted by Gasteiger charge is 2.15. The second kappa shape index (κ2) is 8.88. The quantitative estimate of drug-likeness (QED) is 0.286. The number of hydrogen-bond donors (Lipinski definition) is 1. The molecular weight excluding hydrogens is 410 g/mol. The molecule has 0 atom stereocenters. The molecule has 1 heteroatoms. The van der Waals surface area contributed by atoms with Crippen LogP contribution in [0.25, 0.3) is 32.7 Å². The molecule has 0 fully saturated rings. The van der Waals surface area contributed by atoms with Gasteiger partial charge in [0, 0.05) is 11.4 Å². The lowest BCUT2D eigenvalue weighted by molar-refractivity contribution is 1.26. The van der Waals surface area contributed by atoms with Crippen molar-refractivity contribution in [3.8, 4) is 11.1 Å². The smallest absolute Gasteiger partial charge is 0.0390 e. The molecule has 1 aliphatic rings. The maximum Gasteiger partial charge on any atom is 0.0390 e. The zero-order valence-corrected chi connectivity index (χ0v) is 18.9. The van der Waals surface area contributed by atoms with Crippen LogP contribution < -0.4 is 5.32 Å². The average Bonchev–Trinajstić information content (AvgIpc) is 3.28. The molecule has 0 unspecified atom stereocenters. The molecule has 0 heterocycles. The van der Waals surface area contributed by atoms with E-state index < -0.39 is 0 Å². The molecular formula is C33H25N. The Labute approximate surface area is 200 Å². The van der Waals surface area contributed by atoms with Gasteiger partial charge in [0.05, 0.1) is 0 Å². The van der Waals surface area contributed by atoms with Gasteiger partial charge in [0.25, 0.3) is 0 Å². The van der Waals surface area contributed by atoms with Crippen molar-refractivity contribution in [3.63, 3.8) is 0 Å². The number of fused-ring (bicyclic) bond motifs is 5. The lowest BCUT2D eigenvalue weighted by Gasteiger charge is -2.09. The summed E-state index contributed by atoms with van der Waals surface area (Å²) < 4.78 is 0. The molecule has 1 aliphatic carbocycles. The van der Waals surface area contributed by atoms with Gasteiger partial charge in [0.15, 0.2) is 0 Å². The number of rotatable bonds is 2. The largest absolute Gasteiger partial charge is 0.355 e. The molecule has 0 aliphatic heterocycles. The summed E-state index contributed by atoms with van der Waals surface area (Å²) in [5.74, 6) is 0. The maximum absolute atomic E-state index is 3.49. The first-order valence-corrected chi connectivity index (χ1v) is 11.7. The minimum Gasteiger partial charge on any atom is -0.355 e. The van der Waals surface area contributed by atoms with Gasteiger partial charge in [-0.3, -0.25) is 0 Å². The first-order valence-electron chi connectivity index (χ1n) is 11.7. The van der Waals surface area contributed by atoms with Crippen LogP contribution in [-0.4, -0.2) is 0 Å². The fourth-order valence-electron chi connectivity index (χ4n) is 4.78. The minimum atomic E-state index is 1.10. The van der Waals surface area contributed by atoms with Gasteiger partial charge in [-0.05, 0) is 74.5 Å². The van der Waals surface area contributed by atoms with Gasteiger partial charge < -0.3 is 5.32 Å². The zero-order valence-electron chi connectivity index (χ0n) is 18.9. The van der Waals surface area contributed by atoms with E-state index in [9.17, 15) is 0 Å². The maximum atomic E-state index is 3.49. The number of hydrogen-bond acceptors (Lipinski definition) is 1. The summed E-state index contributed by atoms with van der Waals surface area (Å²) in [6.07, 6.45) is 1.10. The van der Waals surface area contributed by atoms with Gasteiger partial charge in [-0.2, -0.15) is 0 Å². The van der Waals surface area contributed by atoms with Crippen molar-refractivity contribution in [1.29, 1.82) is 0 Å². The van der Waals surface area contributed by atoms with Crippen LogP contribution in [0.15, 0.2) is 133 Å². The van der Waals surface area contributed by atoms with E-state index in [0.717, 1.165) is 17.8 Å². The Balaban J connectivity index is 0.000000143. The number of anilines is 2. The molecule has 1 N–H and O–H groups in total. The van der Waals surface area contributed by atoms with Crippen LogP contribution in [0.4, 0.5) is 11.4 Å². The van der Waals surface area contributed by atoms with E-state index >= 15 is 0 Å². The van der Waals surface area contributed by atoms with Crippen LogP contribution in [0.1, 0.15) is 11.1 Å². The topological polar surface area (TPSA) is 12.0 Å². The van der Waals surface area contributed by atoms with Crippen LogP contribution in [0.3, 0.4) is 0 Å². The van der Waals surface area contributed by atoms with Crippen LogP contribution in [0.2, 0.25) is 0 Å². The van der Waals surface area contributed by atoms with Gasteiger partial charge in [-0.1, -0.05) is 109 Å². The summed E-state index contributed by atoms with van der Waals surface area (Å²) >= 11 is 0. The molecule has 162 valence electrons. The van der Waals surface area contributed by atoms with E-state index in [1.54, 1.807) is 0 Å². The molecule has 0 aromatic heterocycles. The lowest BCUT2D eigenvalue weighted by Crippen LogP contribution is -1.90. The molecule has 0 saturated heterocycles. The standard InChI is InChI=1S/C20H15N.C13H10/c1-3-7-17-13-19(11-9-15(17)5-1)21-20-12-10-16-6-2-4-8-18(16)14-20;1-3-7-12-10(5-1)9-11-6-2-4-8-13(11)12/h1-14,21H;1-8H,9H2. The van der Waals surface area contributed by atoms with Crippen molar-refractivity contribution in [3.05, 3.63) is 145 Å². The molecule has 0 amide bonds. The molecule has 7 rings (SSSR count). The second-order valence-electron chi connectivity index (χ2n) is 8.74. The van der Waals surface area contributed by atoms with Crippen molar-refractivity contribution in [2.45, 2.75) is 6.42 Å². The third-order valence-electron chi connectivity index (χ3n) is 6.49. The fourth-order valence-corrected chi connectivity index (χ4v) is 4.78. The fraction of sp³-hybridized carbons (Fsp3) is 0.0303. The predicted octanol–water partition coefficient (Wildman–Crippen LogP) is 8.99. The average molecular weight is 436 g/mol. The van der Waals surface area contributed by atoms with E-state index in [0.29, 0.717) is 0 Å². The van der Waals surface area contributed by atoms with Crippen molar-refractivity contribution >= 4 is 32.9 Å². The first kappa shape index (κ1) is 20.3. The highest BCUT2D eigenvalue weighted by atomic mass is 14.9. The van der Waals surface area contributed by atoms with Crippen LogP contribution in [-0.2, 0) is 6.42 Å². The molecule has 0 bridgehead atoms. The molecule has 6 aromatic carbocycles. The lowest BCUT2D eigenvalue weighted by atomic mass is 10.1. The SMILES string of the molecule is c1ccc2c(c1)Cc1ccccc1-2.c1ccc2cc(Nc3ccc4ccccc4c3)ccc2c1. The van der Waals surface area contributed by atoms with Gasteiger partial charge >= 0.3 is 0 Å². The summed E-state index contributed by atoms with van der Waals surface area (Å²) in [4.78, 5) is 0. The Hall–Kier alpha value is -4.36. The summed E-state index contributed by atoms with van der Waals surface area (Å²) in [7, 11) is 0. The van der Waals surface area contributed by atoms with E-state index in [1.165, 1.54) is 43.8 Å². The Morgan fingerprint density at radius 2 is 0.794 bits per heavy atom.